The first-order valence-electron chi connectivity index (χ1n) is 10.4. The Bertz CT molecular complexity index is 1110. The van der Waals surface area contributed by atoms with Gasteiger partial charge in [-0.3, -0.25) is 14.4 Å². The van der Waals surface area contributed by atoms with Gasteiger partial charge in [-0.1, -0.05) is 0 Å². The zero-order chi connectivity index (χ0) is 28.4. The molecule has 14 heteroatoms. The molecule has 202 valence electrons. The Morgan fingerprint density at radius 2 is 1.03 bits per heavy atom. The number of amides is 2. The molecule has 0 aromatic heterocycles. The number of aliphatic hydroxyl groups excluding tert-OH is 2. The predicted molar refractivity (Wildman–Crippen MR) is 117 cm³/mol. The van der Waals surface area contributed by atoms with Crippen molar-refractivity contribution in [1.29, 1.82) is 0 Å². The highest BCUT2D eigenvalue weighted by atomic mass is 19.1. The maximum atomic E-state index is 12.9. The minimum absolute atomic E-state index is 0.243. The Morgan fingerprint density at radius 3 is 1.32 bits per heavy atom. The second kappa shape index (κ2) is 13.9. The van der Waals surface area contributed by atoms with E-state index in [4.69, 9.17) is 5.11 Å². The van der Waals surface area contributed by atoms with E-state index < -0.39 is 71.3 Å². The zero-order valence-corrected chi connectivity index (χ0v) is 19.7. The number of aliphatic hydroxyl groups is 2. The summed E-state index contributed by atoms with van der Waals surface area (Å²) in [7, 11) is 1.14. The summed E-state index contributed by atoms with van der Waals surface area (Å²) in [6.07, 6.45) is -3.62. The van der Waals surface area contributed by atoms with Crippen molar-refractivity contribution in [3.63, 3.8) is 0 Å². The number of methoxy groups -OCH3 is 1. The predicted octanol–water partition coefficient (Wildman–Crippen LogP) is 1.26. The summed E-state index contributed by atoms with van der Waals surface area (Å²) in [5, 5.41) is 31.9. The fourth-order valence-corrected chi connectivity index (χ4v) is 2.65. The molecule has 0 bridgehead atoms. The lowest BCUT2D eigenvalue weighted by Gasteiger charge is -2.15. The molecule has 5 N–H and O–H groups in total. The lowest BCUT2D eigenvalue weighted by Crippen LogP contribution is -2.41. The normalized spacial score (nSPS) is 13.6. The van der Waals surface area contributed by atoms with Crippen LogP contribution in [0.4, 0.5) is 17.6 Å². The molecule has 4 unspecified atom stereocenters. The van der Waals surface area contributed by atoms with Crippen LogP contribution in [-0.4, -0.2) is 58.3 Å². The highest BCUT2D eigenvalue weighted by Gasteiger charge is 2.24. The molecule has 2 rings (SSSR count). The van der Waals surface area contributed by atoms with Crippen LogP contribution in [-0.2, 0) is 23.9 Å². The van der Waals surface area contributed by atoms with Gasteiger partial charge in [0.15, 0.2) is 12.2 Å². The Hall–Kier alpha value is -4.04. The van der Waals surface area contributed by atoms with E-state index in [0.717, 1.165) is 31.4 Å². The van der Waals surface area contributed by atoms with Crippen LogP contribution in [0.1, 0.15) is 37.2 Å². The van der Waals surface area contributed by atoms with Crippen LogP contribution in [0.2, 0.25) is 0 Å². The quantitative estimate of drug-likeness (QED) is 0.251. The van der Waals surface area contributed by atoms with Crippen LogP contribution in [0.3, 0.4) is 0 Å². The summed E-state index contributed by atoms with van der Waals surface area (Å²) in [4.78, 5) is 44.6. The minimum atomic E-state index is -1.84. The van der Waals surface area contributed by atoms with Gasteiger partial charge in [-0.05, 0) is 49.2 Å². The molecular formula is C23H24F4N2O8. The Labute approximate surface area is 207 Å². The van der Waals surface area contributed by atoms with Crippen LogP contribution < -0.4 is 10.6 Å². The van der Waals surface area contributed by atoms with Crippen LogP contribution in [0.15, 0.2) is 36.4 Å². The molecule has 0 spiro atoms. The first-order valence-corrected chi connectivity index (χ1v) is 10.4. The molecule has 0 aliphatic carbocycles. The largest absolute Gasteiger partial charge is 0.480 e. The summed E-state index contributed by atoms with van der Waals surface area (Å²) < 4.78 is 56.0. The number of hydrogen-bond acceptors (Lipinski definition) is 7. The molecule has 0 aliphatic rings. The first kappa shape index (κ1) is 31.0. The van der Waals surface area contributed by atoms with Crippen molar-refractivity contribution in [1.82, 2.24) is 10.6 Å². The zero-order valence-electron chi connectivity index (χ0n) is 19.7. The lowest BCUT2D eigenvalue weighted by molar-refractivity contribution is -0.145. The molecule has 37 heavy (non-hydrogen) atoms. The van der Waals surface area contributed by atoms with Gasteiger partial charge >= 0.3 is 11.9 Å². The minimum Gasteiger partial charge on any atom is -0.480 e. The van der Waals surface area contributed by atoms with E-state index >= 15 is 0 Å². The van der Waals surface area contributed by atoms with Gasteiger partial charge in [0, 0.05) is 12.1 Å². The van der Waals surface area contributed by atoms with E-state index in [1.165, 1.54) is 13.8 Å². The second-order valence-electron chi connectivity index (χ2n) is 7.53. The van der Waals surface area contributed by atoms with Crippen molar-refractivity contribution >= 4 is 23.8 Å². The molecule has 2 amide bonds. The number of esters is 1. The number of halogens is 4. The molecule has 0 heterocycles. The standard InChI is InChI=1S/C12H13F2NO4.C11H11F2NO4/c1-6(12(18)19-2)15-11(17)10(16)7-3-8(13)5-9(14)4-7;1-5(11(17)18)14-10(16)9(15)6-2-7(12)4-8(13)3-6/h3-6,10,16H,1-2H3,(H,15,17);2-5,9,15H,1H3,(H,14,16)(H,17,18). The number of carboxylic acid groups (broad SMARTS) is 1. The molecule has 0 saturated heterocycles. The van der Waals surface area contributed by atoms with E-state index in [1.54, 1.807) is 0 Å². The number of carbonyl (C=O) groups is 4. The van der Waals surface area contributed by atoms with Crippen LogP contribution in [0.25, 0.3) is 0 Å². The van der Waals surface area contributed by atoms with E-state index in [1.807, 2.05) is 5.32 Å². The second-order valence-corrected chi connectivity index (χ2v) is 7.53. The summed E-state index contributed by atoms with van der Waals surface area (Å²) in [5.74, 6) is -7.71. The number of rotatable bonds is 8. The van der Waals surface area contributed by atoms with Crippen LogP contribution in [0, 0.1) is 23.3 Å². The number of benzene rings is 2. The average Bonchev–Trinajstić information content (AvgIpc) is 2.81. The highest BCUT2D eigenvalue weighted by molar-refractivity contribution is 5.87. The van der Waals surface area contributed by atoms with Gasteiger partial charge in [0.05, 0.1) is 7.11 Å². The van der Waals surface area contributed by atoms with Crippen molar-refractivity contribution in [2.45, 2.75) is 38.1 Å². The van der Waals surface area contributed by atoms with Crippen molar-refractivity contribution < 1.29 is 56.8 Å². The van der Waals surface area contributed by atoms with Crippen molar-refractivity contribution in [3.8, 4) is 0 Å². The Morgan fingerprint density at radius 1 is 0.703 bits per heavy atom. The van der Waals surface area contributed by atoms with E-state index in [-0.39, 0.29) is 11.1 Å². The van der Waals surface area contributed by atoms with Gasteiger partial charge in [-0.2, -0.15) is 0 Å². The summed E-state index contributed by atoms with van der Waals surface area (Å²) >= 11 is 0. The van der Waals surface area contributed by atoms with Crippen LogP contribution in [0.5, 0.6) is 0 Å². The van der Waals surface area contributed by atoms with Gasteiger partial charge in [0.2, 0.25) is 0 Å². The molecular weight excluding hydrogens is 508 g/mol. The number of ether oxygens (including phenoxy) is 1. The van der Waals surface area contributed by atoms with E-state index in [9.17, 15) is 47.0 Å². The third kappa shape index (κ3) is 9.85. The van der Waals surface area contributed by atoms with Crippen molar-refractivity contribution in [2.24, 2.45) is 0 Å². The molecule has 2 aromatic carbocycles. The number of aliphatic carboxylic acids is 1. The molecule has 0 fully saturated rings. The van der Waals surface area contributed by atoms with Gasteiger partial charge in [-0.15, -0.1) is 0 Å². The summed E-state index contributed by atoms with van der Waals surface area (Å²) in [6, 6.07) is 2.25. The monoisotopic (exact) mass is 532 g/mol. The fraction of sp³-hybridized carbons (Fsp3) is 0.304. The third-order valence-electron chi connectivity index (χ3n) is 4.54. The molecule has 0 aliphatic heterocycles. The maximum absolute atomic E-state index is 12.9. The van der Waals surface area contributed by atoms with Gasteiger partial charge in [0.25, 0.3) is 11.8 Å². The Balaban J connectivity index is 0.000000371. The summed E-state index contributed by atoms with van der Waals surface area (Å²) in [5.41, 5.74) is -0.533. The number of carbonyl (C=O) groups excluding carboxylic acids is 3. The summed E-state index contributed by atoms with van der Waals surface area (Å²) in [6.45, 7) is 2.54. The third-order valence-corrected chi connectivity index (χ3v) is 4.54. The first-order chi connectivity index (χ1) is 17.2. The fourth-order valence-electron chi connectivity index (χ4n) is 2.65. The smallest absolute Gasteiger partial charge is 0.328 e. The number of carboxylic acids is 1. The van der Waals surface area contributed by atoms with Gasteiger partial charge < -0.3 is 30.7 Å². The Kier molecular flexibility index (Phi) is 11.6. The number of nitrogens with one attached hydrogen (secondary N) is 2. The molecule has 4 atom stereocenters. The molecule has 2 aromatic rings. The lowest BCUT2D eigenvalue weighted by atomic mass is 10.1. The maximum Gasteiger partial charge on any atom is 0.328 e. The van der Waals surface area contributed by atoms with Crippen molar-refractivity contribution in [2.75, 3.05) is 7.11 Å². The van der Waals surface area contributed by atoms with Crippen molar-refractivity contribution in [3.05, 3.63) is 70.8 Å². The van der Waals surface area contributed by atoms with Gasteiger partial charge in [0.1, 0.15) is 35.4 Å². The number of hydrogen-bond donors (Lipinski definition) is 5. The van der Waals surface area contributed by atoms with E-state index in [2.05, 4.69) is 10.1 Å². The van der Waals surface area contributed by atoms with E-state index in [0.29, 0.717) is 12.1 Å². The average molecular weight is 532 g/mol. The molecule has 10 nitrogen and oxygen atoms in total. The van der Waals surface area contributed by atoms with Gasteiger partial charge in [-0.25, -0.2) is 22.4 Å². The molecule has 0 radical (unpaired) electrons. The van der Waals surface area contributed by atoms with Crippen LogP contribution >= 0.6 is 0 Å². The highest BCUT2D eigenvalue weighted by Crippen LogP contribution is 2.17. The topological polar surface area (TPSA) is 162 Å². The SMILES string of the molecule is CC(NC(=O)C(O)c1cc(F)cc(F)c1)C(=O)O.COC(=O)C(C)NC(=O)C(O)c1cc(F)cc(F)c1. The molecule has 0 saturated carbocycles.